The van der Waals surface area contributed by atoms with Gasteiger partial charge in [-0.05, 0) is 5.92 Å². The second-order valence-corrected chi connectivity index (χ2v) is 4.56. The third-order valence-electron chi connectivity index (χ3n) is 2.47. The van der Waals surface area contributed by atoms with E-state index in [1.165, 1.54) is 0 Å². The number of carboxylic acids is 1. The molecule has 0 unspecified atom stereocenters. The quantitative estimate of drug-likeness (QED) is 0.332. The molecule has 114 valence electrons. The fourth-order valence-electron chi connectivity index (χ4n) is 1.43. The zero-order valence-corrected chi connectivity index (χ0v) is 11.4. The molecule has 0 aliphatic rings. The summed E-state index contributed by atoms with van der Waals surface area (Å²) in [5.74, 6) is -3.78. The van der Waals surface area contributed by atoms with E-state index in [1.807, 2.05) is 0 Å². The molecule has 0 bridgehead atoms. The molecule has 3 amide bonds. The van der Waals surface area contributed by atoms with E-state index >= 15 is 0 Å². The molecule has 0 fully saturated rings. The summed E-state index contributed by atoms with van der Waals surface area (Å²) in [7, 11) is 0. The van der Waals surface area contributed by atoms with Crippen LogP contribution < -0.4 is 22.1 Å². The third kappa shape index (κ3) is 6.14. The fraction of sp³-hybridized carbons (Fsp3) is 0.636. The summed E-state index contributed by atoms with van der Waals surface area (Å²) in [4.78, 5) is 44.8. The highest BCUT2D eigenvalue weighted by atomic mass is 16.4. The molecule has 0 saturated carbocycles. The van der Waals surface area contributed by atoms with Crippen molar-refractivity contribution in [2.45, 2.75) is 32.4 Å². The largest absolute Gasteiger partial charge is 0.480 e. The van der Waals surface area contributed by atoms with E-state index in [-0.39, 0.29) is 12.5 Å². The number of nitrogens with one attached hydrogen (secondary N) is 2. The molecule has 7 N–H and O–H groups in total. The standard InChI is InChI=1S/C11H20N4O5/c1-5(2)9(15-8(17)4-12)10(18)14-6(11(19)20)3-7(13)16/h5-6,9H,3-4,12H2,1-2H3,(H2,13,16)(H,14,18)(H,15,17)(H,19,20)/t6-,9-/m0/s1. The van der Waals surface area contributed by atoms with Gasteiger partial charge < -0.3 is 27.2 Å². The minimum Gasteiger partial charge on any atom is -0.480 e. The number of hydrogen-bond acceptors (Lipinski definition) is 5. The summed E-state index contributed by atoms with van der Waals surface area (Å²) in [5.41, 5.74) is 10.0. The number of hydrogen-bond donors (Lipinski definition) is 5. The van der Waals surface area contributed by atoms with Crippen LogP contribution in [0, 0.1) is 5.92 Å². The lowest BCUT2D eigenvalue weighted by Gasteiger charge is -2.23. The van der Waals surface area contributed by atoms with Gasteiger partial charge in [0.05, 0.1) is 13.0 Å². The zero-order valence-electron chi connectivity index (χ0n) is 11.4. The van der Waals surface area contributed by atoms with Crippen molar-refractivity contribution in [3.63, 3.8) is 0 Å². The van der Waals surface area contributed by atoms with Gasteiger partial charge in [-0.2, -0.15) is 0 Å². The van der Waals surface area contributed by atoms with Crippen LogP contribution in [0.25, 0.3) is 0 Å². The van der Waals surface area contributed by atoms with E-state index < -0.39 is 42.2 Å². The average Bonchev–Trinajstić information content (AvgIpc) is 2.33. The monoisotopic (exact) mass is 288 g/mol. The Kier molecular flexibility index (Phi) is 7.22. The SMILES string of the molecule is CC(C)[C@H](NC(=O)CN)C(=O)N[C@@H](CC(N)=O)C(=O)O. The first-order valence-electron chi connectivity index (χ1n) is 6.00. The first-order valence-corrected chi connectivity index (χ1v) is 6.00. The number of carbonyl (C=O) groups excluding carboxylic acids is 3. The summed E-state index contributed by atoms with van der Waals surface area (Å²) < 4.78 is 0. The fourth-order valence-corrected chi connectivity index (χ4v) is 1.43. The van der Waals surface area contributed by atoms with Gasteiger partial charge >= 0.3 is 5.97 Å². The predicted molar refractivity (Wildman–Crippen MR) is 69.2 cm³/mol. The van der Waals surface area contributed by atoms with Crippen molar-refractivity contribution in [3.8, 4) is 0 Å². The van der Waals surface area contributed by atoms with Crippen LogP contribution in [0.1, 0.15) is 20.3 Å². The topological polar surface area (TPSA) is 165 Å². The summed E-state index contributed by atoms with van der Waals surface area (Å²) >= 11 is 0. The minimum atomic E-state index is -1.43. The first-order chi connectivity index (χ1) is 9.18. The highest BCUT2D eigenvalue weighted by Gasteiger charge is 2.29. The van der Waals surface area contributed by atoms with Gasteiger partial charge in [-0.3, -0.25) is 14.4 Å². The number of carbonyl (C=O) groups is 4. The predicted octanol–water partition coefficient (Wildman–Crippen LogP) is -2.47. The van der Waals surface area contributed by atoms with E-state index in [9.17, 15) is 19.2 Å². The summed E-state index contributed by atoms with van der Waals surface area (Å²) in [6, 6.07) is -2.38. The highest BCUT2D eigenvalue weighted by Crippen LogP contribution is 2.03. The van der Waals surface area contributed by atoms with Gasteiger partial charge in [0.15, 0.2) is 0 Å². The molecule has 0 aromatic rings. The maximum absolute atomic E-state index is 12.0. The number of rotatable bonds is 8. The number of amides is 3. The van der Waals surface area contributed by atoms with Crippen molar-refractivity contribution < 1.29 is 24.3 Å². The van der Waals surface area contributed by atoms with Crippen molar-refractivity contribution in [1.82, 2.24) is 10.6 Å². The Morgan fingerprint density at radius 2 is 1.70 bits per heavy atom. The molecular formula is C11H20N4O5. The second-order valence-electron chi connectivity index (χ2n) is 4.56. The lowest BCUT2D eigenvalue weighted by molar-refractivity contribution is -0.144. The Balaban J connectivity index is 4.84. The van der Waals surface area contributed by atoms with Gasteiger partial charge in [0.25, 0.3) is 0 Å². The molecule has 0 aromatic heterocycles. The normalized spacial score (nSPS) is 13.4. The zero-order chi connectivity index (χ0) is 15.9. The summed E-state index contributed by atoms with van der Waals surface area (Å²) in [5, 5.41) is 13.4. The molecule has 2 atom stereocenters. The van der Waals surface area contributed by atoms with E-state index in [2.05, 4.69) is 10.6 Å². The smallest absolute Gasteiger partial charge is 0.326 e. The molecule has 0 rings (SSSR count). The lowest BCUT2D eigenvalue weighted by atomic mass is 10.0. The Hall–Kier alpha value is -2.16. The van der Waals surface area contributed by atoms with Crippen LogP contribution in [0.15, 0.2) is 0 Å². The number of nitrogens with two attached hydrogens (primary N) is 2. The number of carboxylic acid groups (broad SMARTS) is 1. The van der Waals surface area contributed by atoms with Crippen LogP contribution in [0.3, 0.4) is 0 Å². The first kappa shape index (κ1) is 17.8. The van der Waals surface area contributed by atoms with Crippen LogP contribution in [-0.2, 0) is 19.2 Å². The van der Waals surface area contributed by atoms with Gasteiger partial charge in [0.1, 0.15) is 12.1 Å². The van der Waals surface area contributed by atoms with Crippen LogP contribution in [0.5, 0.6) is 0 Å². The highest BCUT2D eigenvalue weighted by molar-refractivity contribution is 5.92. The molecule has 0 aliphatic heterocycles. The molecule has 0 aromatic carbocycles. The molecule has 9 nitrogen and oxygen atoms in total. The average molecular weight is 288 g/mol. The summed E-state index contributed by atoms with van der Waals surface area (Å²) in [6.07, 6.45) is -0.531. The van der Waals surface area contributed by atoms with Gasteiger partial charge in [0, 0.05) is 0 Å². The Labute approximate surface area is 116 Å². The van der Waals surface area contributed by atoms with Crippen molar-refractivity contribution in [1.29, 1.82) is 0 Å². The molecule has 0 saturated heterocycles. The molecule has 0 spiro atoms. The van der Waals surface area contributed by atoms with Gasteiger partial charge in [0.2, 0.25) is 17.7 Å². The molecule has 9 heteroatoms. The van der Waals surface area contributed by atoms with Crippen molar-refractivity contribution in [3.05, 3.63) is 0 Å². The van der Waals surface area contributed by atoms with Gasteiger partial charge in [-0.25, -0.2) is 4.79 Å². The van der Waals surface area contributed by atoms with E-state index in [0.717, 1.165) is 0 Å². The maximum Gasteiger partial charge on any atom is 0.326 e. The molecule has 0 heterocycles. The van der Waals surface area contributed by atoms with Crippen molar-refractivity contribution >= 4 is 23.7 Å². The van der Waals surface area contributed by atoms with E-state index in [1.54, 1.807) is 13.8 Å². The van der Waals surface area contributed by atoms with Gasteiger partial charge in [-0.15, -0.1) is 0 Å². The van der Waals surface area contributed by atoms with Crippen molar-refractivity contribution in [2.75, 3.05) is 6.54 Å². The minimum absolute atomic E-state index is 0.284. The molecule has 0 radical (unpaired) electrons. The van der Waals surface area contributed by atoms with E-state index in [0.29, 0.717) is 0 Å². The number of primary amides is 1. The van der Waals surface area contributed by atoms with Crippen LogP contribution in [0.4, 0.5) is 0 Å². The van der Waals surface area contributed by atoms with Crippen molar-refractivity contribution in [2.24, 2.45) is 17.4 Å². The van der Waals surface area contributed by atoms with Crippen LogP contribution in [0.2, 0.25) is 0 Å². The second kappa shape index (κ2) is 8.10. The number of aliphatic carboxylic acids is 1. The van der Waals surface area contributed by atoms with Gasteiger partial charge in [-0.1, -0.05) is 13.8 Å². The van der Waals surface area contributed by atoms with E-state index in [4.69, 9.17) is 16.6 Å². The summed E-state index contributed by atoms with van der Waals surface area (Å²) in [6.45, 7) is 3.05. The third-order valence-corrected chi connectivity index (χ3v) is 2.47. The van der Waals surface area contributed by atoms with Crippen LogP contribution in [-0.4, -0.2) is 47.4 Å². The van der Waals surface area contributed by atoms with Crippen LogP contribution >= 0.6 is 0 Å². The Morgan fingerprint density at radius 1 is 1.15 bits per heavy atom. The Bertz CT molecular complexity index is 396. The Morgan fingerprint density at radius 3 is 2.05 bits per heavy atom. The molecule has 0 aliphatic carbocycles. The lowest BCUT2D eigenvalue weighted by Crippen LogP contribution is -2.55. The maximum atomic E-state index is 12.0. The molecular weight excluding hydrogens is 268 g/mol. The molecule has 20 heavy (non-hydrogen) atoms.